The Kier molecular flexibility index (Phi) is 4.27. The highest BCUT2D eigenvalue weighted by Crippen LogP contribution is 2.37. The van der Waals surface area contributed by atoms with E-state index in [1.54, 1.807) is 30.6 Å². The van der Waals surface area contributed by atoms with E-state index in [1.165, 1.54) is 12.1 Å². The van der Waals surface area contributed by atoms with E-state index in [4.69, 9.17) is 0 Å². The van der Waals surface area contributed by atoms with E-state index in [-0.39, 0.29) is 5.56 Å². The molecule has 0 atom stereocenters. The quantitative estimate of drug-likeness (QED) is 0.517. The number of nitrogens with zero attached hydrogens (tertiary/aromatic N) is 2. The van der Waals surface area contributed by atoms with Gasteiger partial charge >= 0.3 is 6.18 Å². The van der Waals surface area contributed by atoms with Gasteiger partial charge in [0.25, 0.3) is 0 Å². The first-order chi connectivity index (χ1) is 13.0. The number of aromatic nitrogens is 3. The van der Waals surface area contributed by atoms with Crippen LogP contribution in [0.2, 0.25) is 0 Å². The Bertz CT molecular complexity index is 1070. The molecule has 0 aliphatic rings. The SMILES string of the molecule is FC(F)(F)c1ccccc1-c1cc2cnc(NCc3ccccn3)cc2[nH]1. The van der Waals surface area contributed by atoms with Crippen LogP contribution in [0.4, 0.5) is 19.0 Å². The minimum absolute atomic E-state index is 0.115. The van der Waals surface area contributed by atoms with Gasteiger partial charge in [0.05, 0.1) is 23.3 Å². The Hall–Kier alpha value is -3.35. The Morgan fingerprint density at radius 3 is 2.56 bits per heavy atom. The van der Waals surface area contributed by atoms with Crippen LogP contribution in [0.5, 0.6) is 0 Å². The summed E-state index contributed by atoms with van der Waals surface area (Å²) in [6, 6.07) is 14.6. The van der Waals surface area contributed by atoms with E-state index in [0.717, 1.165) is 17.1 Å². The highest BCUT2D eigenvalue weighted by atomic mass is 19.4. The number of H-pyrrole nitrogens is 1. The molecule has 27 heavy (non-hydrogen) atoms. The van der Waals surface area contributed by atoms with Crippen molar-refractivity contribution in [3.05, 3.63) is 78.2 Å². The first kappa shape index (κ1) is 17.1. The molecule has 4 aromatic rings. The number of pyridine rings is 2. The smallest absolute Gasteiger partial charge is 0.364 e. The van der Waals surface area contributed by atoms with E-state index in [1.807, 2.05) is 18.2 Å². The number of halogens is 3. The maximum atomic E-state index is 13.3. The van der Waals surface area contributed by atoms with Crippen molar-refractivity contribution in [1.29, 1.82) is 0 Å². The number of aromatic amines is 1. The zero-order valence-corrected chi connectivity index (χ0v) is 14.1. The van der Waals surface area contributed by atoms with E-state index >= 15 is 0 Å². The Balaban J connectivity index is 1.64. The van der Waals surface area contributed by atoms with Gasteiger partial charge in [-0.15, -0.1) is 0 Å². The molecule has 0 amide bonds. The molecule has 0 saturated heterocycles. The van der Waals surface area contributed by atoms with Gasteiger partial charge in [0.1, 0.15) is 5.82 Å². The molecule has 4 rings (SSSR count). The molecule has 4 nitrogen and oxygen atoms in total. The van der Waals surface area contributed by atoms with Crippen molar-refractivity contribution in [2.24, 2.45) is 0 Å². The maximum Gasteiger partial charge on any atom is 0.417 e. The van der Waals surface area contributed by atoms with Crippen molar-refractivity contribution in [1.82, 2.24) is 15.0 Å². The van der Waals surface area contributed by atoms with Crippen LogP contribution >= 0.6 is 0 Å². The van der Waals surface area contributed by atoms with Crippen molar-refractivity contribution in [2.75, 3.05) is 5.32 Å². The number of benzene rings is 1. The molecule has 0 bridgehead atoms. The van der Waals surface area contributed by atoms with E-state index < -0.39 is 11.7 Å². The lowest BCUT2D eigenvalue weighted by atomic mass is 10.0. The van der Waals surface area contributed by atoms with Crippen LogP contribution in [0, 0.1) is 0 Å². The third-order valence-electron chi connectivity index (χ3n) is 4.20. The predicted molar refractivity (Wildman–Crippen MR) is 98.1 cm³/mol. The lowest BCUT2D eigenvalue weighted by Crippen LogP contribution is -2.06. The highest BCUT2D eigenvalue weighted by Gasteiger charge is 2.33. The van der Waals surface area contributed by atoms with E-state index in [2.05, 4.69) is 20.3 Å². The topological polar surface area (TPSA) is 53.6 Å². The van der Waals surface area contributed by atoms with E-state index in [0.29, 0.717) is 23.6 Å². The Labute approximate surface area is 153 Å². The average Bonchev–Trinajstić information content (AvgIpc) is 3.10. The molecule has 0 spiro atoms. The average molecular weight is 368 g/mol. The zero-order chi connectivity index (χ0) is 18.9. The van der Waals surface area contributed by atoms with Crippen LogP contribution in [-0.2, 0) is 12.7 Å². The minimum Gasteiger partial charge on any atom is -0.364 e. The summed E-state index contributed by atoms with van der Waals surface area (Å²) in [5, 5.41) is 3.91. The third-order valence-corrected chi connectivity index (χ3v) is 4.20. The van der Waals surface area contributed by atoms with Crippen molar-refractivity contribution in [3.63, 3.8) is 0 Å². The second-order valence-corrected chi connectivity index (χ2v) is 6.06. The summed E-state index contributed by atoms with van der Waals surface area (Å²) in [7, 11) is 0. The summed E-state index contributed by atoms with van der Waals surface area (Å²) in [5.41, 5.74) is 1.43. The molecule has 0 saturated carbocycles. The number of anilines is 1. The molecule has 0 aliphatic carbocycles. The van der Waals surface area contributed by atoms with Crippen LogP contribution in [-0.4, -0.2) is 15.0 Å². The number of rotatable bonds is 4. The summed E-state index contributed by atoms with van der Waals surface area (Å²) >= 11 is 0. The number of nitrogens with one attached hydrogen (secondary N) is 2. The largest absolute Gasteiger partial charge is 0.417 e. The van der Waals surface area contributed by atoms with Gasteiger partial charge in [-0.05, 0) is 24.3 Å². The molecule has 0 aliphatic heterocycles. The van der Waals surface area contributed by atoms with Gasteiger partial charge in [0.15, 0.2) is 0 Å². The number of hydrogen-bond acceptors (Lipinski definition) is 3. The van der Waals surface area contributed by atoms with Crippen LogP contribution in [0.25, 0.3) is 22.2 Å². The zero-order valence-electron chi connectivity index (χ0n) is 14.1. The Morgan fingerprint density at radius 1 is 0.963 bits per heavy atom. The van der Waals surface area contributed by atoms with Crippen molar-refractivity contribution < 1.29 is 13.2 Å². The lowest BCUT2D eigenvalue weighted by Gasteiger charge is -2.11. The van der Waals surface area contributed by atoms with Crippen LogP contribution in [0.15, 0.2) is 67.0 Å². The molecule has 0 fully saturated rings. The van der Waals surface area contributed by atoms with Gasteiger partial charge in [-0.1, -0.05) is 24.3 Å². The monoisotopic (exact) mass is 368 g/mol. The van der Waals surface area contributed by atoms with Crippen molar-refractivity contribution in [2.45, 2.75) is 12.7 Å². The van der Waals surface area contributed by atoms with Gasteiger partial charge < -0.3 is 10.3 Å². The first-order valence-corrected chi connectivity index (χ1v) is 8.30. The van der Waals surface area contributed by atoms with Gasteiger partial charge in [-0.3, -0.25) is 4.98 Å². The second kappa shape index (κ2) is 6.75. The molecule has 3 heterocycles. The minimum atomic E-state index is -4.42. The molecular weight excluding hydrogens is 353 g/mol. The fraction of sp³-hybridized carbons (Fsp3) is 0.100. The van der Waals surface area contributed by atoms with Gasteiger partial charge in [-0.2, -0.15) is 13.2 Å². The highest BCUT2D eigenvalue weighted by molar-refractivity contribution is 5.87. The number of alkyl halides is 3. The predicted octanol–water partition coefficient (Wildman–Crippen LogP) is 5.26. The molecule has 7 heteroatoms. The van der Waals surface area contributed by atoms with Gasteiger partial charge in [-0.25, -0.2) is 4.98 Å². The van der Waals surface area contributed by atoms with Crippen molar-refractivity contribution >= 4 is 16.7 Å². The molecule has 1 aromatic carbocycles. The number of fused-ring (bicyclic) bond motifs is 1. The summed E-state index contributed by atoms with van der Waals surface area (Å²) in [6.45, 7) is 0.504. The fourth-order valence-corrected chi connectivity index (χ4v) is 2.92. The molecular formula is C20H15F3N4. The maximum absolute atomic E-state index is 13.3. The summed E-state index contributed by atoms with van der Waals surface area (Å²) in [5.74, 6) is 0.616. The third kappa shape index (κ3) is 3.62. The lowest BCUT2D eigenvalue weighted by molar-refractivity contribution is -0.137. The normalized spacial score (nSPS) is 11.7. The molecule has 0 radical (unpaired) electrons. The fourth-order valence-electron chi connectivity index (χ4n) is 2.92. The number of hydrogen-bond donors (Lipinski definition) is 2. The van der Waals surface area contributed by atoms with Crippen LogP contribution in [0.3, 0.4) is 0 Å². The van der Waals surface area contributed by atoms with Crippen molar-refractivity contribution in [3.8, 4) is 11.3 Å². The summed E-state index contributed by atoms with van der Waals surface area (Å²) in [4.78, 5) is 11.6. The first-order valence-electron chi connectivity index (χ1n) is 8.30. The van der Waals surface area contributed by atoms with Crippen LogP contribution < -0.4 is 5.32 Å². The van der Waals surface area contributed by atoms with Gasteiger partial charge in [0.2, 0.25) is 0 Å². The molecule has 3 aromatic heterocycles. The molecule has 0 unspecified atom stereocenters. The van der Waals surface area contributed by atoms with Crippen LogP contribution in [0.1, 0.15) is 11.3 Å². The standard InChI is InChI=1S/C20H15F3N4/c21-20(22,23)16-7-2-1-6-15(16)18-9-13-11-25-19(10-17(13)27-18)26-12-14-5-3-4-8-24-14/h1-11,27H,12H2,(H,25,26). The summed E-state index contributed by atoms with van der Waals surface area (Å²) < 4.78 is 39.8. The summed E-state index contributed by atoms with van der Waals surface area (Å²) in [6.07, 6.45) is -1.07. The molecule has 136 valence electrons. The second-order valence-electron chi connectivity index (χ2n) is 6.06. The van der Waals surface area contributed by atoms with Gasteiger partial charge in [0, 0.05) is 35.1 Å². The molecule has 2 N–H and O–H groups in total. The Morgan fingerprint density at radius 2 is 1.78 bits per heavy atom. The van der Waals surface area contributed by atoms with E-state index in [9.17, 15) is 13.2 Å².